The van der Waals surface area contributed by atoms with Gasteiger partial charge in [0, 0.05) is 23.9 Å². The average Bonchev–Trinajstić information content (AvgIpc) is 3.14. The number of hydrogen-bond acceptors (Lipinski definition) is 4. The number of nitrogens with one attached hydrogen (secondary N) is 1. The van der Waals surface area contributed by atoms with Crippen molar-refractivity contribution in [1.29, 1.82) is 0 Å². The molecule has 1 fully saturated rings. The van der Waals surface area contributed by atoms with Crippen LogP contribution in [0.1, 0.15) is 39.5 Å². The summed E-state index contributed by atoms with van der Waals surface area (Å²) >= 11 is 0. The molecule has 5 heteroatoms. The molecule has 2 rings (SSSR count). The maximum atomic E-state index is 11.0. The fourth-order valence-electron chi connectivity index (χ4n) is 2.41. The van der Waals surface area contributed by atoms with Gasteiger partial charge in [0.15, 0.2) is 5.75 Å². The van der Waals surface area contributed by atoms with Gasteiger partial charge in [-0.1, -0.05) is 20.3 Å². The fourth-order valence-corrected chi connectivity index (χ4v) is 2.41. The van der Waals surface area contributed by atoms with Crippen LogP contribution in [-0.4, -0.2) is 17.6 Å². The highest BCUT2D eigenvalue weighted by Gasteiger charge is 2.36. The predicted molar refractivity (Wildman–Crippen MR) is 79.3 cm³/mol. The molecule has 0 aromatic heterocycles. The number of benzene rings is 1. The summed E-state index contributed by atoms with van der Waals surface area (Å²) < 4.78 is 5.48. The summed E-state index contributed by atoms with van der Waals surface area (Å²) in [5, 5.41) is 14.4. The van der Waals surface area contributed by atoms with Gasteiger partial charge < -0.3 is 10.1 Å². The number of hydrogen-bond donors (Lipinski definition) is 1. The van der Waals surface area contributed by atoms with Crippen molar-refractivity contribution < 1.29 is 9.66 Å². The van der Waals surface area contributed by atoms with E-state index in [9.17, 15) is 10.1 Å². The van der Waals surface area contributed by atoms with Gasteiger partial charge in [0.25, 0.3) is 0 Å². The van der Waals surface area contributed by atoms with Gasteiger partial charge in [-0.25, -0.2) is 0 Å². The Bertz CT molecular complexity index is 476. The van der Waals surface area contributed by atoms with E-state index in [1.54, 1.807) is 12.1 Å². The van der Waals surface area contributed by atoms with Gasteiger partial charge in [-0.3, -0.25) is 10.1 Å². The Labute approximate surface area is 119 Å². The Morgan fingerprint density at radius 3 is 2.85 bits per heavy atom. The van der Waals surface area contributed by atoms with Crippen molar-refractivity contribution in [2.45, 2.75) is 45.6 Å². The van der Waals surface area contributed by atoms with Gasteiger partial charge in [-0.2, -0.15) is 0 Å². The van der Waals surface area contributed by atoms with Crippen LogP contribution >= 0.6 is 0 Å². The standard InChI is InChI=1S/C15H22N2O3/c1-3-5-11-9-13(11)16-12-6-7-14(17(18)19)15(10-12)20-8-4-2/h6-7,10-11,13,16H,3-5,8-9H2,1-2H3. The first-order valence-electron chi connectivity index (χ1n) is 7.33. The third kappa shape index (κ3) is 3.62. The topological polar surface area (TPSA) is 64.4 Å². The van der Waals surface area contributed by atoms with Crippen LogP contribution < -0.4 is 10.1 Å². The molecule has 20 heavy (non-hydrogen) atoms. The van der Waals surface area contributed by atoms with E-state index in [2.05, 4.69) is 12.2 Å². The monoisotopic (exact) mass is 278 g/mol. The van der Waals surface area contributed by atoms with E-state index in [0.717, 1.165) is 18.0 Å². The molecular weight excluding hydrogens is 256 g/mol. The summed E-state index contributed by atoms with van der Waals surface area (Å²) in [4.78, 5) is 10.6. The van der Waals surface area contributed by atoms with Crippen molar-refractivity contribution >= 4 is 11.4 Å². The molecule has 1 aliphatic carbocycles. The second kappa shape index (κ2) is 6.59. The summed E-state index contributed by atoms with van der Waals surface area (Å²) in [7, 11) is 0. The van der Waals surface area contributed by atoms with Gasteiger partial charge in [0.1, 0.15) is 0 Å². The number of rotatable bonds is 8. The number of nitro groups is 1. The molecule has 0 spiro atoms. The van der Waals surface area contributed by atoms with Crippen molar-refractivity contribution in [3.63, 3.8) is 0 Å². The van der Waals surface area contributed by atoms with E-state index in [-0.39, 0.29) is 5.69 Å². The van der Waals surface area contributed by atoms with Gasteiger partial charge in [0.2, 0.25) is 0 Å². The minimum absolute atomic E-state index is 0.0323. The zero-order valence-electron chi connectivity index (χ0n) is 12.1. The Hall–Kier alpha value is -1.78. The molecular formula is C15H22N2O3. The number of nitro benzene ring substituents is 1. The summed E-state index contributed by atoms with van der Waals surface area (Å²) in [5.74, 6) is 1.10. The molecule has 0 saturated heterocycles. The molecule has 1 aliphatic rings. The lowest BCUT2D eigenvalue weighted by atomic mass is 10.2. The molecule has 2 atom stereocenters. The summed E-state index contributed by atoms with van der Waals surface area (Å²) in [6, 6.07) is 5.54. The van der Waals surface area contributed by atoms with Crippen molar-refractivity contribution in [2.24, 2.45) is 5.92 Å². The molecule has 0 bridgehead atoms. The predicted octanol–water partition coefficient (Wildman–Crippen LogP) is 3.98. The van der Waals surface area contributed by atoms with E-state index < -0.39 is 4.92 Å². The molecule has 2 unspecified atom stereocenters. The molecule has 0 heterocycles. The largest absolute Gasteiger partial charge is 0.487 e. The van der Waals surface area contributed by atoms with Crippen molar-refractivity contribution in [3.05, 3.63) is 28.3 Å². The van der Waals surface area contributed by atoms with Crippen LogP contribution in [0.2, 0.25) is 0 Å². The van der Waals surface area contributed by atoms with Crippen LogP contribution in [0, 0.1) is 16.0 Å². The van der Waals surface area contributed by atoms with Gasteiger partial charge in [-0.15, -0.1) is 0 Å². The molecule has 1 saturated carbocycles. The minimum Gasteiger partial charge on any atom is -0.487 e. The summed E-state index contributed by atoms with van der Waals surface area (Å²) in [6.45, 7) is 4.66. The number of anilines is 1. The molecule has 0 amide bonds. The van der Waals surface area contributed by atoms with Crippen molar-refractivity contribution in [3.8, 4) is 5.75 Å². The molecule has 5 nitrogen and oxygen atoms in total. The Morgan fingerprint density at radius 1 is 1.40 bits per heavy atom. The molecule has 0 radical (unpaired) electrons. The quantitative estimate of drug-likeness (QED) is 0.577. The third-order valence-electron chi connectivity index (χ3n) is 3.55. The first-order valence-corrected chi connectivity index (χ1v) is 7.33. The van der Waals surface area contributed by atoms with E-state index in [1.807, 2.05) is 6.92 Å². The number of ether oxygens (including phenoxy) is 1. The Kier molecular flexibility index (Phi) is 4.82. The van der Waals surface area contributed by atoms with E-state index in [0.29, 0.717) is 18.4 Å². The second-order valence-electron chi connectivity index (χ2n) is 5.32. The van der Waals surface area contributed by atoms with Crippen LogP contribution in [0.5, 0.6) is 5.75 Å². The van der Waals surface area contributed by atoms with Gasteiger partial charge in [0.05, 0.1) is 11.5 Å². The van der Waals surface area contributed by atoms with E-state index in [4.69, 9.17) is 4.74 Å². The zero-order valence-corrected chi connectivity index (χ0v) is 12.1. The summed E-state index contributed by atoms with van der Waals surface area (Å²) in [5.41, 5.74) is 0.940. The van der Waals surface area contributed by atoms with Gasteiger partial charge >= 0.3 is 5.69 Å². The molecule has 0 aliphatic heterocycles. The van der Waals surface area contributed by atoms with Gasteiger partial charge in [-0.05, 0) is 31.2 Å². The maximum absolute atomic E-state index is 11.0. The fraction of sp³-hybridized carbons (Fsp3) is 0.600. The summed E-state index contributed by atoms with van der Waals surface area (Å²) in [6.07, 6.45) is 4.46. The number of nitrogens with zero attached hydrogens (tertiary/aromatic N) is 1. The smallest absolute Gasteiger partial charge is 0.311 e. The molecule has 1 N–H and O–H groups in total. The van der Waals surface area contributed by atoms with Crippen molar-refractivity contribution in [2.75, 3.05) is 11.9 Å². The Morgan fingerprint density at radius 2 is 2.20 bits per heavy atom. The zero-order chi connectivity index (χ0) is 14.5. The minimum atomic E-state index is -0.397. The highest BCUT2D eigenvalue weighted by molar-refractivity contribution is 5.58. The molecule has 1 aromatic carbocycles. The second-order valence-corrected chi connectivity index (χ2v) is 5.32. The average molecular weight is 278 g/mol. The lowest BCUT2D eigenvalue weighted by molar-refractivity contribution is -0.385. The highest BCUT2D eigenvalue weighted by Crippen LogP contribution is 2.38. The SMILES string of the molecule is CCCOc1cc(NC2CC2CCC)ccc1[N+](=O)[O-]. The van der Waals surface area contributed by atoms with Crippen LogP contribution in [0.3, 0.4) is 0 Å². The normalized spacial score (nSPS) is 20.5. The first-order chi connectivity index (χ1) is 9.65. The van der Waals surface area contributed by atoms with E-state index >= 15 is 0 Å². The Balaban J connectivity index is 2.05. The third-order valence-corrected chi connectivity index (χ3v) is 3.55. The molecule has 1 aromatic rings. The molecule has 110 valence electrons. The highest BCUT2D eigenvalue weighted by atomic mass is 16.6. The van der Waals surface area contributed by atoms with Crippen molar-refractivity contribution in [1.82, 2.24) is 0 Å². The van der Waals surface area contributed by atoms with Crippen LogP contribution in [-0.2, 0) is 0 Å². The lowest BCUT2D eigenvalue weighted by Gasteiger charge is -2.10. The van der Waals surface area contributed by atoms with Crippen LogP contribution in [0.15, 0.2) is 18.2 Å². The lowest BCUT2D eigenvalue weighted by Crippen LogP contribution is -2.06. The maximum Gasteiger partial charge on any atom is 0.311 e. The van der Waals surface area contributed by atoms with Crippen LogP contribution in [0.25, 0.3) is 0 Å². The first kappa shape index (κ1) is 14.6. The van der Waals surface area contributed by atoms with E-state index in [1.165, 1.54) is 25.3 Å². The van der Waals surface area contributed by atoms with Crippen LogP contribution in [0.4, 0.5) is 11.4 Å².